The topological polar surface area (TPSA) is 69.7 Å². The van der Waals surface area contributed by atoms with E-state index in [1.165, 1.54) is 16.4 Å². The molecule has 6 nitrogen and oxygen atoms in total. The average molecular weight is 444 g/mol. The third-order valence-corrected chi connectivity index (χ3v) is 8.86. The molecule has 8 heteroatoms. The number of rotatable bonds is 3. The summed E-state index contributed by atoms with van der Waals surface area (Å²) in [6.45, 7) is 0.931. The van der Waals surface area contributed by atoms with Crippen molar-refractivity contribution in [1.82, 2.24) is 14.5 Å². The summed E-state index contributed by atoms with van der Waals surface area (Å²) in [4.78, 5) is 15.0. The van der Waals surface area contributed by atoms with Crippen molar-refractivity contribution in [3.63, 3.8) is 0 Å². The van der Waals surface area contributed by atoms with E-state index in [2.05, 4.69) is 5.32 Å². The van der Waals surface area contributed by atoms with E-state index in [-0.39, 0.29) is 24.4 Å². The van der Waals surface area contributed by atoms with Crippen molar-refractivity contribution in [3.8, 4) is 0 Å². The van der Waals surface area contributed by atoms with E-state index in [9.17, 15) is 17.6 Å². The summed E-state index contributed by atoms with van der Waals surface area (Å²) in [5, 5.41) is 3.12. The summed E-state index contributed by atoms with van der Waals surface area (Å²) < 4.78 is 41.9. The number of halogens is 1. The fraction of sp³-hybridized carbons (Fsp3) is 0.435. The van der Waals surface area contributed by atoms with Crippen molar-refractivity contribution in [1.29, 1.82) is 0 Å². The summed E-state index contributed by atoms with van der Waals surface area (Å²) >= 11 is 0. The van der Waals surface area contributed by atoms with Crippen LogP contribution in [0.5, 0.6) is 0 Å². The molecule has 2 aromatic rings. The predicted molar refractivity (Wildman–Crippen MR) is 114 cm³/mol. The SMILES string of the molecule is O=C(NC1CCCC1)N1CC[C@@]2(C1)c1ccccc1S(=O)(=O)N2Cc1ccc(F)cc1. The van der Waals surface area contributed by atoms with Crippen LogP contribution in [0.1, 0.15) is 43.2 Å². The van der Waals surface area contributed by atoms with Crippen LogP contribution in [0, 0.1) is 5.82 Å². The predicted octanol–water partition coefficient (Wildman–Crippen LogP) is 3.58. The molecular formula is C23H26FN3O3S. The minimum atomic E-state index is -3.74. The molecular weight excluding hydrogens is 417 g/mol. The van der Waals surface area contributed by atoms with Crippen LogP contribution in [-0.4, -0.2) is 42.8 Å². The van der Waals surface area contributed by atoms with E-state index in [4.69, 9.17) is 0 Å². The van der Waals surface area contributed by atoms with E-state index in [1.54, 1.807) is 29.2 Å². The number of hydrogen-bond donors (Lipinski definition) is 1. The van der Waals surface area contributed by atoms with Gasteiger partial charge in [0.05, 0.1) is 10.4 Å². The van der Waals surface area contributed by atoms with Crippen molar-refractivity contribution >= 4 is 16.1 Å². The van der Waals surface area contributed by atoms with Gasteiger partial charge in [0.2, 0.25) is 10.0 Å². The van der Waals surface area contributed by atoms with Crippen LogP contribution in [0.3, 0.4) is 0 Å². The lowest BCUT2D eigenvalue weighted by atomic mass is 9.88. The first kappa shape index (κ1) is 20.5. The van der Waals surface area contributed by atoms with E-state index in [1.807, 2.05) is 12.1 Å². The summed E-state index contributed by atoms with van der Waals surface area (Å²) in [5.41, 5.74) is 0.649. The van der Waals surface area contributed by atoms with Gasteiger partial charge in [-0.15, -0.1) is 0 Å². The molecule has 0 aromatic heterocycles. The van der Waals surface area contributed by atoms with Crippen LogP contribution >= 0.6 is 0 Å². The molecule has 2 aliphatic heterocycles. The van der Waals surface area contributed by atoms with Crippen molar-refractivity contribution in [2.45, 2.75) is 55.1 Å². The first-order valence-corrected chi connectivity index (χ1v) is 12.3. The maximum atomic E-state index is 13.5. The number of likely N-dealkylation sites (tertiary alicyclic amines) is 1. The van der Waals surface area contributed by atoms with Gasteiger partial charge in [0.1, 0.15) is 5.82 Å². The lowest BCUT2D eigenvalue weighted by Crippen LogP contribution is -2.48. The van der Waals surface area contributed by atoms with Gasteiger partial charge in [0.15, 0.2) is 0 Å². The number of hydrogen-bond acceptors (Lipinski definition) is 3. The normalized spacial score (nSPS) is 25.3. The van der Waals surface area contributed by atoms with Gasteiger partial charge in [0, 0.05) is 25.7 Å². The summed E-state index contributed by atoms with van der Waals surface area (Å²) in [6.07, 6.45) is 4.79. The number of sulfonamides is 1. The second-order valence-electron chi connectivity index (χ2n) is 8.77. The number of urea groups is 1. The molecule has 1 atom stereocenters. The molecule has 3 aliphatic rings. The zero-order valence-corrected chi connectivity index (χ0v) is 18.1. The second-order valence-corrected chi connectivity index (χ2v) is 10.6. The highest BCUT2D eigenvalue weighted by Gasteiger charge is 2.57. The van der Waals surface area contributed by atoms with Crippen molar-refractivity contribution in [3.05, 3.63) is 65.5 Å². The van der Waals surface area contributed by atoms with Crippen molar-refractivity contribution in [2.24, 2.45) is 0 Å². The van der Waals surface area contributed by atoms with Gasteiger partial charge < -0.3 is 10.2 Å². The van der Waals surface area contributed by atoms with Gasteiger partial charge >= 0.3 is 6.03 Å². The van der Waals surface area contributed by atoms with E-state index >= 15 is 0 Å². The summed E-state index contributed by atoms with van der Waals surface area (Å²) in [6, 6.07) is 13.1. The Hall–Kier alpha value is -2.45. The highest BCUT2D eigenvalue weighted by atomic mass is 32.2. The third kappa shape index (κ3) is 3.42. The Morgan fingerprint density at radius 3 is 2.55 bits per heavy atom. The van der Waals surface area contributed by atoms with Gasteiger partial charge in [-0.1, -0.05) is 43.2 Å². The molecule has 1 spiro atoms. The standard InChI is InChI=1S/C23H26FN3O3S/c24-18-11-9-17(10-12-18)15-27-23(20-7-3-4-8-21(20)31(27,29)30)13-14-26(16-23)22(28)25-19-5-1-2-6-19/h3-4,7-12,19H,1-2,5-6,13-16H2,(H,25,28)/t23-/m1/s1. The number of amides is 2. The van der Waals surface area contributed by atoms with E-state index < -0.39 is 15.6 Å². The highest BCUT2D eigenvalue weighted by molar-refractivity contribution is 7.89. The lowest BCUT2D eigenvalue weighted by Gasteiger charge is -2.34. The molecule has 1 aliphatic carbocycles. The molecule has 1 N–H and O–H groups in total. The number of nitrogens with zero attached hydrogens (tertiary/aromatic N) is 2. The maximum absolute atomic E-state index is 13.5. The van der Waals surface area contributed by atoms with Crippen LogP contribution in [-0.2, 0) is 22.1 Å². The number of nitrogens with one attached hydrogen (secondary N) is 1. The van der Waals surface area contributed by atoms with Gasteiger partial charge in [-0.3, -0.25) is 0 Å². The minimum Gasteiger partial charge on any atom is -0.335 e. The minimum absolute atomic E-state index is 0.118. The molecule has 1 saturated heterocycles. The molecule has 0 radical (unpaired) electrons. The number of benzene rings is 2. The smallest absolute Gasteiger partial charge is 0.317 e. The average Bonchev–Trinajstić information content (AvgIpc) is 3.47. The molecule has 2 fully saturated rings. The Labute approximate surface area is 182 Å². The molecule has 31 heavy (non-hydrogen) atoms. The Kier molecular flexibility index (Phi) is 5.01. The zero-order chi connectivity index (χ0) is 21.6. The Bertz CT molecular complexity index is 1100. The van der Waals surface area contributed by atoms with Crippen LogP contribution in [0.2, 0.25) is 0 Å². The van der Waals surface area contributed by atoms with Crippen molar-refractivity contribution in [2.75, 3.05) is 13.1 Å². The number of fused-ring (bicyclic) bond motifs is 2. The van der Waals surface area contributed by atoms with E-state index in [0.29, 0.717) is 30.0 Å². The number of carbonyl (C=O) groups is 1. The molecule has 0 bridgehead atoms. The summed E-state index contributed by atoms with van der Waals surface area (Å²) in [7, 11) is -3.74. The Morgan fingerprint density at radius 2 is 1.81 bits per heavy atom. The Morgan fingerprint density at radius 1 is 1.10 bits per heavy atom. The van der Waals surface area contributed by atoms with Gasteiger partial charge in [-0.25, -0.2) is 17.6 Å². The largest absolute Gasteiger partial charge is 0.335 e. The van der Waals surface area contributed by atoms with Crippen LogP contribution in [0.15, 0.2) is 53.4 Å². The molecule has 2 amide bonds. The number of carbonyl (C=O) groups excluding carboxylic acids is 1. The third-order valence-electron chi connectivity index (χ3n) is 6.89. The first-order chi connectivity index (χ1) is 14.9. The molecule has 5 rings (SSSR count). The maximum Gasteiger partial charge on any atom is 0.317 e. The fourth-order valence-corrected chi connectivity index (χ4v) is 7.33. The van der Waals surface area contributed by atoms with Gasteiger partial charge in [0.25, 0.3) is 0 Å². The van der Waals surface area contributed by atoms with Gasteiger partial charge in [-0.05, 0) is 48.6 Å². The van der Waals surface area contributed by atoms with Crippen LogP contribution < -0.4 is 5.32 Å². The molecule has 2 heterocycles. The monoisotopic (exact) mass is 443 g/mol. The second kappa shape index (κ2) is 7.60. The molecule has 2 aromatic carbocycles. The van der Waals surface area contributed by atoms with Crippen molar-refractivity contribution < 1.29 is 17.6 Å². The van der Waals surface area contributed by atoms with Gasteiger partial charge in [-0.2, -0.15) is 4.31 Å². The Balaban J connectivity index is 1.48. The molecule has 0 unspecified atom stereocenters. The fourth-order valence-electron chi connectivity index (χ4n) is 5.28. The van der Waals surface area contributed by atoms with E-state index in [0.717, 1.165) is 31.2 Å². The lowest BCUT2D eigenvalue weighted by molar-refractivity contribution is 0.176. The molecule has 1 saturated carbocycles. The zero-order valence-electron chi connectivity index (χ0n) is 17.3. The first-order valence-electron chi connectivity index (χ1n) is 10.8. The molecule has 164 valence electrons. The summed E-state index contributed by atoms with van der Waals surface area (Å²) in [5.74, 6) is -0.360. The highest BCUT2D eigenvalue weighted by Crippen LogP contribution is 2.50. The van der Waals surface area contributed by atoms with Crippen LogP contribution in [0.4, 0.5) is 9.18 Å². The van der Waals surface area contributed by atoms with Crippen LogP contribution in [0.25, 0.3) is 0 Å². The quantitative estimate of drug-likeness (QED) is 0.788.